The van der Waals surface area contributed by atoms with Crippen molar-refractivity contribution in [1.29, 1.82) is 0 Å². The molecule has 3 rings (SSSR count). The number of allylic oxidation sites excluding steroid dienone is 1. The first kappa shape index (κ1) is 29.0. The van der Waals surface area contributed by atoms with Gasteiger partial charge < -0.3 is 14.6 Å². The fraction of sp³-hybridized carbons (Fsp3) is 0.516. The number of β-amino-alcohol motifs (C(OH)–C–C–N with tert-alkyl or cyclic N) is 1. The third kappa shape index (κ3) is 9.06. The van der Waals surface area contributed by atoms with Crippen molar-refractivity contribution in [2.75, 3.05) is 26.3 Å². The Labute approximate surface area is 221 Å². The minimum atomic E-state index is -0.605. The van der Waals surface area contributed by atoms with Crippen molar-refractivity contribution >= 4 is 12.0 Å². The molecule has 1 heterocycles. The Morgan fingerprint density at radius 1 is 1.24 bits per heavy atom. The lowest BCUT2D eigenvalue weighted by molar-refractivity contribution is -0.143. The molecule has 0 spiro atoms. The molecule has 1 aliphatic heterocycles. The van der Waals surface area contributed by atoms with Gasteiger partial charge >= 0.3 is 5.97 Å². The molecule has 2 aromatic rings. The van der Waals surface area contributed by atoms with Gasteiger partial charge in [0.1, 0.15) is 5.82 Å². The number of esters is 1. The van der Waals surface area contributed by atoms with E-state index in [1.54, 1.807) is 13.0 Å². The van der Waals surface area contributed by atoms with Crippen LogP contribution in [-0.4, -0.2) is 54.4 Å². The molecule has 0 aromatic heterocycles. The van der Waals surface area contributed by atoms with Crippen molar-refractivity contribution < 1.29 is 23.8 Å². The largest absolute Gasteiger partial charge is 0.466 e. The summed E-state index contributed by atoms with van der Waals surface area (Å²) in [6.07, 6.45) is 7.12. The number of likely N-dealkylation sites (tertiary alicyclic amines) is 1. The molecule has 0 aliphatic carbocycles. The highest BCUT2D eigenvalue weighted by Crippen LogP contribution is 2.26. The second-order valence-corrected chi connectivity index (χ2v) is 10.1. The van der Waals surface area contributed by atoms with Gasteiger partial charge in [0.25, 0.3) is 0 Å². The number of aliphatic hydroxyl groups is 1. The summed E-state index contributed by atoms with van der Waals surface area (Å²) in [4.78, 5) is 13.9. The third-order valence-electron chi connectivity index (χ3n) is 6.99. The monoisotopic (exact) mass is 511 g/mol. The minimum absolute atomic E-state index is 0.159. The molecule has 1 fully saturated rings. The van der Waals surface area contributed by atoms with Gasteiger partial charge in [-0.05, 0) is 88.2 Å². The van der Waals surface area contributed by atoms with Crippen LogP contribution >= 0.6 is 0 Å². The van der Waals surface area contributed by atoms with Crippen molar-refractivity contribution in [3.8, 4) is 0 Å². The standard InChI is InChI=1S/C31H42FNO4/c1-5-36-31(35)11-7-6-9-26-17-22(2)12-15-29(26)24(4)37-21-28(34)20-33-16-8-10-27(33)18-25-14-13-23(3)30(32)19-25/h6,9,12-15,17,19,24,27-28,34H,5,7-8,10-11,16,18,20-21H2,1-4H3/t24-,27+,28-/m1/s1. The summed E-state index contributed by atoms with van der Waals surface area (Å²) in [5, 5.41) is 10.8. The molecule has 3 atom stereocenters. The molecule has 202 valence electrons. The summed E-state index contributed by atoms with van der Waals surface area (Å²) in [7, 11) is 0. The van der Waals surface area contributed by atoms with E-state index in [-0.39, 0.29) is 24.5 Å². The summed E-state index contributed by atoms with van der Waals surface area (Å²) < 4.78 is 25.1. The molecule has 37 heavy (non-hydrogen) atoms. The second kappa shape index (κ2) is 14.4. The molecular weight excluding hydrogens is 469 g/mol. The lowest BCUT2D eigenvalue weighted by Gasteiger charge is -2.27. The summed E-state index contributed by atoms with van der Waals surface area (Å²) >= 11 is 0. The Morgan fingerprint density at radius 3 is 2.81 bits per heavy atom. The highest BCUT2D eigenvalue weighted by molar-refractivity contribution is 5.69. The molecule has 6 heteroatoms. The van der Waals surface area contributed by atoms with Gasteiger partial charge in [-0.3, -0.25) is 9.69 Å². The number of aryl methyl sites for hydroxylation is 2. The predicted octanol–water partition coefficient (Wildman–Crippen LogP) is 5.94. The lowest BCUT2D eigenvalue weighted by atomic mass is 10.00. The zero-order chi connectivity index (χ0) is 26.8. The van der Waals surface area contributed by atoms with Crippen LogP contribution in [0.5, 0.6) is 0 Å². The number of benzene rings is 2. The number of aliphatic hydroxyl groups excluding tert-OH is 1. The van der Waals surface area contributed by atoms with E-state index < -0.39 is 6.10 Å². The Bertz CT molecular complexity index is 1050. The summed E-state index contributed by atoms with van der Waals surface area (Å²) in [5.74, 6) is -0.345. The van der Waals surface area contributed by atoms with Crippen LogP contribution in [0.3, 0.4) is 0 Å². The minimum Gasteiger partial charge on any atom is -0.466 e. The lowest BCUT2D eigenvalue weighted by Crippen LogP contribution is -2.39. The van der Waals surface area contributed by atoms with Crippen LogP contribution in [-0.2, 0) is 20.7 Å². The smallest absolute Gasteiger partial charge is 0.306 e. The van der Waals surface area contributed by atoms with Gasteiger partial charge in [0.15, 0.2) is 0 Å². The van der Waals surface area contributed by atoms with E-state index in [9.17, 15) is 14.3 Å². The van der Waals surface area contributed by atoms with Crippen LogP contribution in [0.1, 0.15) is 73.5 Å². The van der Waals surface area contributed by atoms with Gasteiger partial charge in [-0.15, -0.1) is 0 Å². The number of carbonyl (C=O) groups is 1. The first-order valence-electron chi connectivity index (χ1n) is 13.5. The summed E-state index contributed by atoms with van der Waals surface area (Å²) in [6, 6.07) is 12.0. The first-order valence-corrected chi connectivity index (χ1v) is 13.5. The van der Waals surface area contributed by atoms with E-state index in [0.717, 1.165) is 48.1 Å². The number of nitrogens with zero attached hydrogens (tertiary/aromatic N) is 1. The van der Waals surface area contributed by atoms with Crippen molar-refractivity contribution in [2.24, 2.45) is 0 Å². The number of rotatable bonds is 13. The van der Waals surface area contributed by atoms with Crippen LogP contribution in [0.4, 0.5) is 4.39 Å². The van der Waals surface area contributed by atoms with Gasteiger partial charge in [0.2, 0.25) is 0 Å². The van der Waals surface area contributed by atoms with E-state index in [0.29, 0.717) is 37.6 Å². The van der Waals surface area contributed by atoms with Crippen LogP contribution in [0.25, 0.3) is 6.08 Å². The van der Waals surface area contributed by atoms with E-state index in [1.165, 1.54) is 0 Å². The molecule has 1 saturated heterocycles. The maximum Gasteiger partial charge on any atom is 0.306 e. The van der Waals surface area contributed by atoms with Crippen LogP contribution < -0.4 is 0 Å². The van der Waals surface area contributed by atoms with Gasteiger partial charge in [0, 0.05) is 19.0 Å². The molecular formula is C31H42FNO4. The number of halogens is 1. The Balaban J connectivity index is 1.52. The van der Waals surface area contributed by atoms with E-state index in [4.69, 9.17) is 9.47 Å². The normalized spacial score (nSPS) is 17.8. The molecule has 1 aliphatic rings. The van der Waals surface area contributed by atoms with Gasteiger partial charge in [-0.2, -0.15) is 0 Å². The molecule has 0 amide bonds. The second-order valence-electron chi connectivity index (χ2n) is 10.1. The van der Waals surface area contributed by atoms with Crippen molar-refractivity contribution in [3.63, 3.8) is 0 Å². The molecule has 0 saturated carbocycles. The Hall–Kier alpha value is -2.54. The molecule has 0 radical (unpaired) electrons. The number of hydrogen-bond donors (Lipinski definition) is 1. The van der Waals surface area contributed by atoms with Gasteiger partial charge in [0.05, 0.1) is 25.4 Å². The quantitative estimate of drug-likeness (QED) is 0.337. The fourth-order valence-electron chi connectivity index (χ4n) is 4.92. The number of ether oxygens (including phenoxy) is 2. The number of carbonyl (C=O) groups excluding carboxylic acids is 1. The summed E-state index contributed by atoms with van der Waals surface area (Å²) in [5.41, 5.74) is 4.91. The predicted molar refractivity (Wildman–Crippen MR) is 146 cm³/mol. The van der Waals surface area contributed by atoms with E-state index in [2.05, 4.69) is 23.1 Å². The third-order valence-corrected chi connectivity index (χ3v) is 6.99. The highest BCUT2D eigenvalue weighted by atomic mass is 19.1. The fourth-order valence-corrected chi connectivity index (χ4v) is 4.92. The van der Waals surface area contributed by atoms with Crippen molar-refractivity contribution in [2.45, 2.75) is 78.0 Å². The molecule has 0 bridgehead atoms. The molecule has 5 nitrogen and oxygen atoms in total. The van der Waals surface area contributed by atoms with Crippen LogP contribution in [0.15, 0.2) is 42.5 Å². The zero-order valence-corrected chi connectivity index (χ0v) is 22.7. The average molecular weight is 512 g/mol. The SMILES string of the molecule is CCOC(=O)CCC=Cc1cc(C)ccc1[C@@H](C)OC[C@H](O)CN1CCC[C@H]1Cc1ccc(C)c(F)c1. The topological polar surface area (TPSA) is 59.0 Å². The van der Waals surface area contributed by atoms with Crippen molar-refractivity contribution in [1.82, 2.24) is 4.90 Å². The molecule has 2 aromatic carbocycles. The first-order chi connectivity index (χ1) is 17.8. The zero-order valence-electron chi connectivity index (χ0n) is 22.7. The average Bonchev–Trinajstić information content (AvgIpc) is 3.29. The molecule has 0 unspecified atom stereocenters. The summed E-state index contributed by atoms with van der Waals surface area (Å²) in [6.45, 7) is 9.75. The van der Waals surface area contributed by atoms with Crippen LogP contribution in [0, 0.1) is 19.7 Å². The highest BCUT2D eigenvalue weighted by Gasteiger charge is 2.27. The van der Waals surface area contributed by atoms with E-state index in [1.807, 2.05) is 45.1 Å². The Kier molecular flexibility index (Phi) is 11.3. The maximum atomic E-state index is 14.0. The Morgan fingerprint density at radius 2 is 2.05 bits per heavy atom. The van der Waals surface area contributed by atoms with E-state index >= 15 is 0 Å². The van der Waals surface area contributed by atoms with Crippen LogP contribution in [0.2, 0.25) is 0 Å². The van der Waals surface area contributed by atoms with Crippen molar-refractivity contribution in [3.05, 3.63) is 76.1 Å². The molecule has 1 N–H and O–H groups in total. The maximum absolute atomic E-state index is 14.0. The van der Waals surface area contributed by atoms with Gasteiger partial charge in [-0.1, -0.05) is 48.0 Å². The number of hydrogen-bond acceptors (Lipinski definition) is 5. The van der Waals surface area contributed by atoms with Gasteiger partial charge in [-0.25, -0.2) is 4.39 Å².